The lowest BCUT2D eigenvalue weighted by molar-refractivity contribution is -0.134. The number of nitrogens with two attached hydrogens (primary N) is 1. The monoisotopic (exact) mass is 537 g/mol. The Morgan fingerprint density at radius 3 is 2.03 bits per heavy atom. The van der Waals surface area contributed by atoms with Gasteiger partial charge in [-0.25, -0.2) is 4.79 Å². The maximum atomic E-state index is 13.4. The van der Waals surface area contributed by atoms with Crippen molar-refractivity contribution < 1.29 is 34.1 Å². The van der Waals surface area contributed by atoms with Gasteiger partial charge < -0.3 is 36.1 Å². The molecule has 0 aliphatic carbocycles. The quantitative estimate of drug-likeness (QED) is 0.149. The number of hydrogen-bond acceptors (Lipinski definition) is 7. The van der Waals surface area contributed by atoms with Crippen LogP contribution in [-0.4, -0.2) is 48.2 Å². The van der Waals surface area contributed by atoms with E-state index in [9.17, 15) is 14.7 Å². The lowest BCUT2D eigenvalue weighted by atomic mass is 10.0. The van der Waals surface area contributed by atoms with Gasteiger partial charge in [0.25, 0.3) is 5.97 Å². The van der Waals surface area contributed by atoms with E-state index in [1.807, 2.05) is 30.3 Å². The fraction of sp³-hybridized carbons (Fsp3) is 0.185. The highest BCUT2D eigenvalue weighted by Gasteiger charge is 2.26. The SMILES string of the molecule is CC(=O)O.COc1cc(NC(=O)O)c(C(Nc2ccc(C(=N)N)cc2)C(=O)NCc2ccccc2)cc1OC. The van der Waals surface area contributed by atoms with Gasteiger partial charge in [-0.2, -0.15) is 0 Å². The van der Waals surface area contributed by atoms with E-state index < -0.39 is 24.0 Å². The fourth-order valence-corrected chi connectivity index (χ4v) is 3.44. The number of nitrogen functional groups attached to an aromatic ring is 1. The van der Waals surface area contributed by atoms with Crippen LogP contribution in [0.5, 0.6) is 11.5 Å². The molecule has 1 unspecified atom stereocenters. The Morgan fingerprint density at radius 2 is 1.51 bits per heavy atom. The molecule has 3 rings (SSSR count). The zero-order chi connectivity index (χ0) is 28.9. The zero-order valence-corrected chi connectivity index (χ0v) is 21.6. The summed E-state index contributed by atoms with van der Waals surface area (Å²) in [6.07, 6.45) is -1.30. The van der Waals surface area contributed by atoms with Crippen molar-refractivity contribution in [2.24, 2.45) is 5.73 Å². The summed E-state index contributed by atoms with van der Waals surface area (Å²) in [5, 5.41) is 32.7. The van der Waals surface area contributed by atoms with Gasteiger partial charge in [-0.3, -0.25) is 20.3 Å². The third kappa shape index (κ3) is 9.28. The number of amides is 2. The smallest absolute Gasteiger partial charge is 0.409 e. The van der Waals surface area contributed by atoms with E-state index in [1.165, 1.54) is 20.3 Å². The topological polar surface area (TPSA) is 196 Å². The molecule has 8 N–H and O–H groups in total. The highest BCUT2D eigenvalue weighted by atomic mass is 16.5. The van der Waals surface area contributed by atoms with Gasteiger partial charge in [0.2, 0.25) is 5.91 Å². The molecule has 1 atom stereocenters. The lowest BCUT2D eigenvalue weighted by Gasteiger charge is -2.24. The van der Waals surface area contributed by atoms with Crippen LogP contribution in [0.15, 0.2) is 66.7 Å². The van der Waals surface area contributed by atoms with Gasteiger partial charge in [-0.05, 0) is 35.9 Å². The van der Waals surface area contributed by atoms with Crippen molar-refractivity contribution in [2.45, 2.75) is 19.5 Å². The molecule has 3 aromatic carbocycles. The number of rotatable bonds is 10. The molecule has 0 radical (unpaired) electrons. The molecule has 0 heterocycles. The molecular formula is C27H31N5O7. The molecule has 12 heteroatoms. The van der Waals surface area contributed by atoms with Gasteiger partial charge in [-0.15, -0.1) is 0 Å². The first-order chi connectivity index (χ1) is 18.5. The Kier molecular flexibility index (Phi) is 11.1. The highest BCUT2D eigenvalue weighted by molar-refractivity contribution is 5.95. The number of aliphatic carboxylic acids is 1. The van der Waals surface area contributed by atoms with Gasteiger partial charge >= 0.3 is 6.09 Å². The summed E-state index contributed by atoms with van der Waals surface area (Å²) in [5.74, 6) is -0.686. The average Bonchev–Trinajstić information content (AvgIpc) is 2.90. The van der Waals surface area contributed by atoms with E-state index in [0.29, 0.717) is 28.3 Å². The Morgan fingerprint density at radius 1 is 0.949 bits per heavy atom. The molecule has 12 nitrogen and oxygen atoms in total. The average molecular weight is 538 g/mol. The van der Waals surface area contributed by atoms with Crippen LogP contribution in [0.4, 0.5) is 16.2 Å². The zero-order valence-electron chi connectivity index (χ0n) is 21.6. The third-order valence-corrected chi connectivity index (χ3v) is 5.19. The molecular weight excluding hydrogens is 506 g/mol. The Hall–Kier alpha value is -5.26. The third-order valence-electron chi connectivity index (χ3n) is 5.19. The first-order valence-corrected chi connectivity index (χ1v) is 11.5. The predicted molar refractivity (Wildman–Crippen MR) is 147 cm³/mol. The number of methoxy groups -OCH3 is 2. The van der Waals surface area contributed by atoms with E-state index in [2.05, 4.69) is 16.0 Å². The Bertz CT molecular complexity index is 1290. The van der Waals surface area contributed by atoms with Crippen molar-refractivity contribution in [1.29, 1.82) is 5.41 Å². The predicted octanol–water partition coefficient (Wildman–Crippen LogP) is 3.64. The van der Waals surface area contributed by atoms with Crippen LogP contribution in [0, 0.1) is 5.41 Å². The summed E-state index contributed by atoms with van der Waals surface area (Å²) in [6.45, 7) is 1.36. The molecule has 3 aromatic rings. The Labute approximate surface area is 225 Å². The minimum Gasteiger partial charge on any atom is -0.493 e. The van der Waals surface area contributed by atoms with Crippen LogP contribution in [0.3, 0.4) is 0 Å². The van der Waals surface area contributed by atoms with Gasteiger partial charge in [0.15, 0.2) is 11.5 Å². The number of carbonyl (C=O) groups excluding carboxylic acids is 1. The molecule has 0 saturated heterocycles. The van der Waals surface area contributed by atoms with Crippen LogP contribution in [0.2, 0.25) is 0 Å². The van der Waals surface area contributed by atoms with Crippen molar-refractivity contribution in [1.82, 2.24) is 5.32 Å². The van der Waals surface area contributed by atoms with Crippen LogP contribution in [0.25, 0.3) is 0 Å². The largest absolute Gasteiger partial charge is 0.493 e. The first kappa shape index (κ1) is 30.0. The Balaban J connectivity index is 0.00000124. The molecule has 0 aliphatic rings. The molecule has 0 aromatic heterocycles. The summed E-state index contributed by atoms with van der Waals surface area (Å²) >= 11 is 0. The van der Waals surface area contributed by atoms with E-state index >= 15 is 0 Å². The minimum absolute atomic E-state index is 0.0819. The molecule has 0 fully saturated rings. The van der Waals surface area contributed by atoms with E-state index in [-0.39, 0.29) is 18.1 Å². The second-order valence-electron chi connectivity index (χ2n) is 8.02. The fourth-order valence-electron chi connectivity index (χ4n) is 3.44. The van der Waals surface area contributed by atoms with Gasteiger partial charge in [0.1, 0.15) is 11.9 Å². The number of anilines is 2. The van der Waals surface area contributed by atoms with E-state index in [0.717, 1.165) is 12.5 Å². The summed E-state index contributed by atoms with van der Waals surface area (Å²) < 4.78 is 10.7. The van der Waals surface area contributed by atoms with Crippen LogP contribution >= 0.6 is 0 Å². The second kappa shape index (κ2) is 14.5. The van der Waals surface area contributed by atoms with Crippen LogP contribution in [-0.2, 0) is 16.1 Å². The summed E-state index contributed by atoms with van der Waals surface area (Å²) in [6, 6.07) is 18.1. The molecule has 0 spiro atoms. The standard InChI is InChI=1S/C25H27N5O5.C2H4O2/c1-34-20-12-18(19(30-25(32)33)13-21(20)35-2)22(24(31)28-14-15-6-4-3-5-7-15)29-17-10-8-16(9-11-17)23(26)27;1-2(3)4/h3-13,22,29-30H,14H2,1-2H3,(H3,26,27)(H,28,31)(H,32,33);1H3,(H,3,4). The van der Waals surface area contributed by atoms with Crippen molar-refractivity contribution in [3.05, 3.63) is 83.4 Å². The van der Waals surface area contributed by atoms with E-state index in [4.69, 9.17) is 30.5 Å². The minimum atomic E-state index is -1.30. The maximum absolute atomic E-state index is 13.4. The van der Waals surface area contributed by atoms with E-state index in [1.54, 1.807) is 30.3 Å². The molecule has 39 heavy (non-hydrogen) atoms. The van der Waals surface area contributed by atoms with Crippen molar-refractivity contribution in [3.63, 3.8) is 0 Å². The number of ether oxygens (including phenoxy) is 2. The van der Waals surface area contributed by atoms with Crippen molar-refractivity contribution in [2.75, 3.05) is 24.9 Å². The number of nitrogens with one attached hydrogen (secondary N) is 4. The lowest BCUT2D eigenvalue weighted by Crippen LogP contribution is -2.34. The summed E-state index contributed by atoms with van der Waals surface area (Å²) in [5.41, 5.74) is 8.01. The summed E-state index contributed by atoms with van der Waals surface area (Å²) in [7, 11) is 2.88. The second-order valence-corrected chi connectivity index (χ2v) is 8.02. The van der Waals surface area contributed by atoms with Gasteiger partial charge in [0.05, 0.1) is 19.9 Å². The first-order valence-electron chi connectivity index (χ1n) is 11.5. The number of hydrogen-bond donors (Lipinski definition) is 7. The number of carboxylic acid groups (broad SMARTS) is 2. The number of carbonyl (C=O) groups is 3. The molecule has 0 aliphatic heterocycles. The molecule has 2 amide bonds. The summed E-state index contributed by atoms with van der Waals surface area (Å²) in [4.78, 5) is 33.9. The van der Waals surface area contributed by atoms with Gasteiger partial charge in [0, 0.05) is 36.3 Å². The maximum Gasteiger partial charge on any atom is 0.409 e. The highest BCUT2D eigenvalue weighted by Crippen LogP contribution is 2.37. The normalized spacial score (nSPS) is 10.6. The number of carboxylic acids is 1. The number of amidine groups is 1. The van der Waals surface area contributed by atoms with Crippen LogP contribution in [0.1, 0.15) is 29.7 Å². The van der Waals surface area contributed by atoms with Crippen LogP contribution < -0.4 is 31.2 Å². The molecule has 206 valence electrons. The van der Waals surface area contributed by atoms with Gasteiger partial charge in [-0.1, -0.05) is 30.3 Å². The number of benzene rings is 3. The molecule has 0 saturated carbocycles. The molecule has 0 bridgehead atoms. The van der Waals surface area contributed by atoms with Crippen molar-refractivity contribution >= 4 is 35.2 Å². The van der Waals surface area contributed by atoms with Crippen molar-refractivity contribution in [3.8, 4) is 11.5 Å².